The van der Waals surface area contributed by atoms with Crippen LogP contribution in [0.5, 0.6) is 0 Å². The molecule has 102 valence electrons. The van der Waals surface area contributed by atoms with Crippen LogP contribution in [0.3, 0.4) is 0 Å². The molecule has 0 amide bonds. The van der Waals surface area contributed by atoms with E-state index < -0.39 is 23.9 Å². The number of aromatic nitrogens is 2. The van der Waals surface area contributed by atoms with Crippen LogP contribution in [-0.2, 0) is 0 Å². The zero-order chi connectivity index (χ0) is 12.6. The molecular weight excluding hydrogens is 310 g/mol. The third-order valence-electron chi connectivity index (χ3n) is 2.60. The highest BCUT2D eigenvalue weighted by Gasteiger charge is 2.36. The molecule has 2 rings (SSSR count). The molecule has 0 spiro atoms. The third kappa shape index (κ3) is 2.77. The molecule has 1 aromatic rings. The first-order valence-electron chi connectivity index (χ1n) is 4.94. The summed E-state index contributed by atoms with van der Waals surface area (Å²) < 4.78 is 28.0. The van der Waals surface area contributed by atoms with Gasteiger partial charge in [-0.15, -0.1) is 12.4 Å². The number of alkyl halides is 2. The Morgan fingerprint density at radius 3 is 2.44 bits per heavy atom. The second-order valence-corrected chi connectivity index (χ2v) is 4.52. The monoisotopic (exact) mass is 319 g/mol. The van der Waals surface area contributed by atoms with Crippen molar-refractivity contribution in [2.24, 2.45) is 0 Å². The van der Waals surface area contributed by atoms with Gasteiger partial charge in [0.05, 0.1) is 11.2 Å². The van der Waals surface area contributed by atoms with Gasteiger partial charge >= 0.3 is 0 Å². The van der Waals surface area contributed by atoms with Crippen LogP contribution in [0.1, 0.15) is 6.04 Å². The summed E-state index contributed by atoms with van der Waals surface area (Å²) in [7, 11) is 0. The van der Waals surface area contributed by atoms with Crippen molar-refractivity contribution in [3.63, 3.8) is 0 Å². The molecule has 0 aromatic carbocycles. The molecule has 4 nitrogen and oxygen atoms in total. The molecule has 0 bridgehead atoms. The molecule has 3 atom stereocenters. The van der Waals surface area contributed by atoms with Crippen LogP contribution in [0.25, 0.3) is 0 Å². The lowest BCUT2D eigenvalue weighted by Gasteiger charge is -2.30. The average Bonchev–Trinajstić information content (AvgIpc) is 2.29. The molecular formula is C9H10Cl3F2N3O. The van der Waals surface area contributed by atoms with Crippen LogP contribution >= 0.6 is 35.6 Å². The van der Waals surface area contributed by atoms with Gasteiger partial charge in [0.2, 0.25) is 0 Å². The first kappa shape index (κ1) is 15.6. The second kappa shape index (κ2) is 6.14. The fraction of sp³-hybridized carbons (Fsp3) is 0.556. The molecule has 1 aromatic heterocycles. The molecule has 0 aliphatic carbocycles. The molecule has 0 saturated carbocycles. The Hall–Kier alpha value is -0.430. The number of piperidine rings is 1. The lowest BCUT2D eigenvalue weighted by Crippen LogP contribution is -2.50. The predicted molar refractivity (Wildman–Crippen MR) is 67.5 cm³/mol. The van der Waals surface area contributed by atoms with Crippen LogP contribution in [-0.4, -0.2) is 35.2 Å². The Morgan fingerprint density at radius 2 is 1.89 bits per heavy atom. The fourth-order valence-corrected chi connectivity index (χ4v) is 2.03. The highest BCUT2D eigenvalue weighted by Crippen LogP contribution is 2.24. The van der Waals surface area contributed by atoms with Crippen molar-refractivity contribution in [1.82, 2.24) is 15.1 Å². The highest BCUT2D eigenvalue weighted by molar-refractivity contribution is 6.41. The van der Waals surface area contributed by atoms with Gasteiger partial charge in [0.15, 0.2) is 0 Å². The lowest BCUT2D eigenvalue weighted by molar-refractivity contribution is 0.0847. The maximum atomic E-state index is 13.6. The molecule has 1 saturated heterocycles. The molecule has 0 radical (unpaired) electrons. The van der Waals surface area contributed by atoms with Crippen LogP contribution in [0.2, 0.25) is 10.0 Å². The van der Waals surface area contributed by atoms with Crippen molar-refractivity contribution in [3.8, 4) is 0 Å². The molecule has 1 unspecified atom stereocenters. The maximum absolute atomic E-state index is 13.6. The third-order valence-corrected chi connectivity index (χ3v) is 3.35. The van der Waals surface area contributed by atoms with Crippen LogP contribution in [0.4, 0.5) is 8.78 Å². The summed E-state index contributed by atoms with van der Waals surface area (Å²) in [5, 5.41) is 5.91. The summed E-state index contributed by atoms with van der Waals surface area (Å²) >= 11 is 11.2. The zero-order valence-corrected chi connectivity index (χ0v) is 11.3. The topological polar surface area (TPSA) is 46.9 Å². The van der Waals surface area contributed by atoms with Gasteiger partial charge in [-0.3, -0.25) is 4.79 Å². The summed E-state index contributed by atoms with van der Waals surface area (Å²) in [5.74, 6) is 0. The predicted octanol–water partition coefficient (Wildman–Crippen LogP) is 1.79. The summed E-state index contributed by atoms with van der Waals surface area (Å²) in [6.45, 7) is -0.0566. The van der Waals surface area contributed by atoms with E-state index in [1.807, 2.05) is 0 Å². The van der Waals surface area contributed by atoms with Crippen molar-refractivity contribution in [3.05, 3.63) is 26.6 Å². The van der Waals surface area contributed by atoms with Crippen molar-refractivity contribution < 1.29 is 8.78 Å². The summed E-state index contributed by atoms with van der Waals surface area (Å²) in [6.07, 6.45) is -1.98. The molecule has 1 fully saturated rings. The van der Waals surface area contributed by atoms with E-state index in [-0.39, 0.29) is 35.5 Å². The largest absolute Gasteiger partial charge is 0.311 e. The molecule has 1 aliphatic rings. The van der Waals surface area contributed by atoms with Crippen molar-refractivity contribution >= 4 is 35.6 Å². The quantitative estimate of drug-likeness (QED) is 0.858. The molecule has 1 aliphatic heterocycles. The highest BCUT2D eigenvalue weighted by atomic mass is 35.5. The number of halogens is 5. The standard InChI is InChI=1S/C9H9Cl2F2N3O.ClH/c10-4-1-15-16(9(17)7(4)11)8-5(12)2-14-3-6(8)13;/h1,5-6,8,14H,2-3H2;1H/t5-,6+,8?;. The molecule has 2 heterocycles. The average molecular weight is 321 g/mol. The van der Waals surface area contributed by atoms with E-state index >= 15 is 0 Å². The smallest absolute Gasteiger partial charge is 0.287 e. The minimum absolute atomic E-state index is 0. The van der Waals surface area contributed by atoms with Gasteiger partial charge in [-0.1, -0.05) is 23.2 Å². The van der Waals surface area contributed by atoms with Gasteiger partial charge in [-0.2, -0.15) is 5.10 Å². The first-order chi connectivity index (χ1) is 8.02. The van der Waals surface area contributed by atoms with Crippen molar-refractivity contribution in [2.75, 3.05) is 13.1 Å². The number of hydrogen-bond acceptors (Lipinski definition) is 3. The van der Waals surface area contributed by atoms with Gasteiger partial charge in [0.1, 0.15) is 23.4 Å². The van der Waals surface area contributed by atoms with E-state index in [4.69, 9.17) is 23.2 Å². The Bertz CT molecular complexity index is 475. The number of rotatable bonds is 1. The van der Waals surface area contributed by atoms with E-state index in [0.717, 1.165) is 10.9 Å². The minimum atomic E-state index is -1.54. The summed E-state index contributed by atoms with van der Waals surface area (Å²) in [6, 6.07) is -1.27. The summed E-state index contributed by atoms with van der Waals surface area (Å²) in [4.78, 5) is 11.7. The molecule has 9 heteroatoms. The SMILES string of the molecule is Cl.O=c1c(Cl)c(Cl)cnn1C1[C@H](F)CNC[C@@H]1F. The van der Waals surface area contributed by atoms with Gasteiger partial charge in [-0.25, -0.2) is 13.5 Å². The maximum Gasteiger partial charge on any atom is 0.287 e. The zero-order valence-electron chi connectivity index (χ0n) is 8.95. The molecule has 18 heavy (non-hydrogen) atoms. The van der Waals surface area contributed by atoms with Gasteiger partial charge < -0.3 is 5.32 Å². The summed E-state index contributed by atoms with van der Waals surface area (Å²) in [5.41, 5.74) is -0.781. The Balaban J connectivity index is 0.00000162. The normalized spacial score (nSPS) is 27.7. The Kier molecular flexibility index (Phi) is 5.33. The van der Waals surface area contributed by atoms with Crippen LogP contribution in [0, 0.1) is 0 Å². The Labute approximate surface area is 118 Å². The van der Waals surface area contributed by atoms with Gasteiger partial charge in [-0.05, 0) is 0 Å². The fourth-order valence-electron chi connectivity index (χ4n) is 1.77. The minimum Gasteiger partial charge on any atom is -0.311 e. The van der Waals surface area contributed by atoms with E-state index in [9.17, 15) is 13.6 Å². The molecule has 1 N–H and O–H groups in total. The van der Waals surface area contributed by atoms with E-state index in [0.29, 0.717) is 0 Å². The van der Waals surface area contributed by atoms with E-state index in [1.54, 1.807) is 0 Å². The number of nitrogens with zero attached hydrogens (tertiary/aromatic N) is 2. The number of hydrogen-bond donors (Lipinski definition) is 1. The van der Waals surface area contributed by atoms with Crippen LogP contribution < -0.4 is 10.9 Å². The van der Waals surface area contributed by atoms with Crippen LogP contribution in [0.15, 0.2) is 11.0 Å². The Morgan fingerprint density at radius 1 is 1.33 bits per heavy atom. The number of nitrogens with one attached hydrogen (secondary N) is 1. The van der Waals surface area contributed by atoms with Gasteiger partial charge in [0.25, 0.3) is 5.56 Å². The second-order valence-electron chi connectivity index (χ2n) is 3.74. The lowest BCUT2D eigenvalue weighted by atomic mass is 10.0. The van der Waals surface area contributed by atoms with Crippen molar-refractivity contribution in [1.29, 1.82) is 0 Å². The first-order valence-corrected chi connectivity index (χ1v) is 5.69. The van der Waals surface area contributed by atoms with E-state index in [2.05, 4.69) is 10.4 Å². The van der Waals surface area contributed by atoms with Gasteiger partial charge in [0, 0.05) is 13.1 Å². The van der Waals surface area contributed by atoms with Crippen molar-refractivity contribution in [2.45, 2.75) is 18.4 Å². The van der Waals surface area contributed by atoms with E-state index in [1.165, 1.54) is 0 Å².